The van der Waals surface area contributed by atoms with Gasteiger partial charge in [-0.1, -0.05) is 66.7 Å². The molecule has 0 saturated carbocycles. The Bertz CT molecular complexity index is 851. The molecule has 0 bridgehead atoms. The number of ether oxygens (including phenoxy) is 1. The molecular formula is C25H26O2. The van der Waals surface area contributed by atoms with Crippen LogP contribution < -0.4 is 0 Å². The van der Waals surface area contributed by atoms with Crippen molar-refractivity contribution in [1.82, 2.24) is 0 Å². The first-order valence-corrected chi connectivity index (χ1v) is 9.54. The molecule has 0 aliphatic heterocycles. The predicted molar refractivity (Wildman–Crippen MR) is 110 cm³/mol. The molecule has 0 aliphatic rings. The summed E-state index contributed by atoms with van der Waals surface area (Å²) in [6.45, 7) is 0. The van der Waals surface area contributed by atoms with Crippen LogP contribution in [0, 0.1) is 0 Å². The van der Waals surface area contributed by atoms with Gasteiger partial charge in [0, 0.05) is 0 Å². The minimum atomic E-state index is -0.283. The highest BCUT2D eigenvalue weighted by Gasteiger charge is 2.06. The second-order valence-electron chi connectivity index (χ2n) is 6.80. The average Bonchev–Trinajstić information content (AvgIpc) is 2.74. The first-order chi connectivity index (χ1) is 13.3. The smallest absolute Gasteiger partial charge is 0.337 e. The maximum atomic E-state index is 11.5. The lowest BCUT2D eigenvalue weighted by atomic mass is 9.95. The number of carbonyl (C=O) groups excluding carboxylic acids is 1. The van der Waals surface area contributed by atoms with E-state index in [1.54, 1.807) is 0 Å². The molecule has 27 heavy (non-hydrogen) atoms. The maximum absolute atomic E-state index is 11.5. The van der Waals surface area contributed by atoms with Gasteiger partial charge in [0.1, 0.15) is 0 Å². The summed E-state index contributed by atoms with van der Waals surface area (Å²) in [6, 6.07) is 27.2. The molecule has 0 heterocycles. The number of esters is 1. The fourth-order valence-electron chi connectivity index (χ4n) is 3.38. The lowest BCUT2D eigenvalue weighted by Gasteiger charge is -2.10. The fourth-order valence-corrected chi connectivity index (χ4v) is 3.38. The lowest BCUT2D eigenvalue weighted by Crippen LogP contribution is -2.01. The molecule has 3 rings (SSSR count). The molecule has 0 atom stereocenters. The van der Waals surface area contributed by atoms with Crippen molar-refractivity contribution in [3.05, 3.63) is 107 Å². The zero-order valence-electron chi connectivity index (χ0n) is 15.9. The van der Waals surface area contributed by atoms with Gasteiger partial charge < -0.3 is 4.74 Å². The molecule has 3 aromatic carbocycles. The van der Waals surface area contributed by atoms with E-state index in [2.05, 4.69) is 54.6 Å². The molecule has 0 N–H and O–H groups in total. The second-order valence-corrected chi connectivity index (χ2v) is 6.80. The van der Waals surface area contributed by atoms with E-state index in [1.807, 2.05) is 24.3 Å². The van der Waals surface area contributed by atoms with Crippen molar-refractivity contribution in [2.24, 2.45) is 0 Å². The molecular weight excluding hydrogens is 332 g/mol. The summed E-state index contributed by atoms with van der Waals surface area (Å²) < 4.78 is 4.74. The van der Waals surface area contributed by atoms with Crippen molar-refractivity contribution in [3.8, 4) is 0 Å². The van der Waals surface area contributed by atoms with E-state index < -0.39 is 0 Å². The van der Waals surface area contributed by atoms with E-state index in [0.717, 1.165) is 32.1 Å². The first kappa shape index (κ1) is 18.9. The summed E-state index contributed by atoms with van der Waals surface area (Å²) in [6.07, 6.45) is 5.33. The van der Waals surface area contributed by atoms with Crippen LogP contribution in [-0.2, 0) is 30.4 Å². The predicted octanol–water partition coefficient (Wildman–Crippen LogP) is 5.43. The number of methoxy groups -OCH3 is 1. The monoisotopic (exact) mass is 358 g/mol. The van der Waals surface area contributed by atoms with Crippen LogP contribution in [-0.4, -0.2) is 13.1 Å². The largest absolute Gasteiger partial charge is 0.465 e. The highest BCUT2D eigenvalue weighted by atomic mass is 16.5. The Balaban J connectivity index is 1.54. The third-order valence-corrected chi connectivity index (χ3v) is 4.93. The van der Waals surface area contributed by atoms with Crippen molar-refractivity contribution >= 4 is 5.97 Å². The second kappa shape index (κ2) is 9.72. The van der Waals surface area contributed by atoms with Gasteiger partial charge in [-0.3, -0.25) is 0 Å². The van der Waals surface area contributed by atoms with Crippen LogP contribution in [0.15, 0.2) is 78.9 Å². The molecule has 0 unspecified atom stereocenters. The van der Waals surface area contributed by atoms with Crippen LogP contribution in [0.3, 0.4) is 0 Å². The quantitative estimate of drug-likeness (QED) is 0.502. The van der Waals surface area contributed by atoms with Crippen molar-refractivity contribution in [3.63, 3.8) is 0 Å². The van der Waals surface area contributed by atoms with Crippen molar-refractivity contribution in [1.29, 1.82) is 0 Å². The molecule has 0 aliphatic carbocycles. The van der Waals surface area contributed by atoms with Crippen molar-refractivity contribution in [2.45, 2.75) is 32.1 Å². The molecule has 0 saturated heterocycles. The van der Waals surface area contributed by atoms with E-state index in [-0.39, 0.29) is 5.97 Å². The number of hydrogen-bond acceptors (Lipinski definition) is 2. The van der Waals surface area contributed by atoms with Gasteiger partial charge in [-0.05, 0) is 66.5 Å². The summed E-state index contributed by atoms with van der Waals surface area (Å²) >= 11 is 0. The minimum Gasteiger partial charge on any atom is -0.465 e. The van der Waals surface area contributed by atoms with E-state index in [9.17, 15) is 4.79 Å². The Morgan fingerprint density at radius 1 is 0.667 bits per heavy atom. The summed E-state index contributed by atoms with van der Waals surface area (Å²) in [5, 5.41) is 0. The maximum Gasteiger partial charge on any atom is 0.337 e. The van der Waals surface area contributed by atoms with Gasteiger partial charge in [-0.25, -0.2) is 4.79 Å². The Kier molecular flexibility index (Phi) is 6.81. The highest BCUT2D eigenvalue weighted by molar-refractivity contribution is 5.89. The van der Waals surface area contributed by atoms with Gasteiger partial charge >= 0.3 is 5.97 Å². The molecule has 138 valence electrons. The Hall–Kier alpha value is -2.87. The zero-order chi connectivity index (χ0) is 18.9. The third-order valence-electron chi connectivity index (χ3n) is 4.93. The van der Waals surface area contributed by atoms with Crippen LogP contribution in [0.1, 0.15) is 39.0 Å². The van der Waals surface area contributed by atoms with E-state index in [0.29, 0.717) is 5.56 Å². The van der Waals surface area contributed by atoms with Crippen LogP contribution >= 0.6 is 0 Å². The minimum absolute atomic E-state index is 0.283. The van der Waals surface area contributed by atoms with Crippen molar-refractivity contribution < 1.29 is 9.53 Å². The van der Waals surface area contributed by atoms with Gasteiger partial charge in [0.2, 0.25) is 0 Å². The van der Waals surface area contributed by atoms with Gasteiger partial charge in [0.15, 0.2) is 0 Å². The van der Waals surface area contributed by atoms with Gasteiger partial charge in [0.05, 0.1) is 12.7 Å². The fraction of sp³-hybridized carbons (Fsp3) is 0.240. The normalized spacial score (nSPS) is 10.6. The van der Waals surface area contributed by atoms with Gasteiger partial charge in [-0.2, -0.15) is 0 Å². The number of rotatable bonds is 8. The summed E-state index contributed by atoms with van der Waals surface area (Å²) in [4.78, 5) is 11.5. The molecule has 0 spiro atoms. The number of aryl methyl sites for hydroxylation is 4. The Morgan fingerprint density at radius 3 is 1.93 bits per heavy atom. The standard InChI is InChI=1S/C25H26O2/c1-27-25(26)24-18-15-21(16-19-24)10-7-13-22-11-5-6-12-23(22)17-14-20-8-3-2-4-9-20/h2-6,8-9,11-12,15-16,18-19H,7,10,13-14,17H2,1H3. The third kappa shape index (κ3) is 5.55. The first-order valence-electron chi connectivity index (χ1n) is 9.54. The Labute approximate surface area is 161 Å². The van der Waals surface area contributed by atoms with E-state index in [1.165, 1.54) is 29.4 Å². The average molecular weight is 358 g/mol. The van der Waals surface area contributed by atoms with E-state index >= 15 is 0 Å². The number of benzene rings is 3. The molecule has 0 aromatic heterocycles. The van der Waals surface area contributed by atoms with Gasteiger partial charge in [-0.15, -0.1) is 0 Å². The van der Waals surface area contributed by atoms with Crippen LogP contribution in [0.2, 0.25) is 0 Å². The van der Waals surface area contributed by atoms with Crippen molar-refractivity contribution in [2.75, 3.05) is 7.11 Å². The topological polar surface area (TPSA) is 26.3 Å². The zero-order valence-corrected chi connectivity index (χ0v) is 15.9. The Morgan fingerprint density at radius 2 is 1.26 bits per heavy atom. The highest BCUT2D eigenvalue weighted by Crippen LogP contribution is 2.16. The van der Waals surface area contributed by atoms with Crippen LogP contribution in [0.25, 0.3) is 0 Å². The lowest BCUT2D eigenvalue weighted by molar-refractivity contribution is 0.0600. The molecule has 2 nitrogen and oxygen atoms in total. The summed E-state index contributed by atoms with van der Waals surface area (Å²) in [5.74, 6) is -0.283. The molecule has 2 heteroatoms. The van der Waals surface area contributed by atoms with Crippen LogP contribution in [0.5, 0.6) is 0 Å². The summed E-state index contributed by atoms with van der Waals surface area (Å²) in [5.41, 5.74) is 6.14. The number of hydrogen-bond donors (Lipinski definition) is 0. The number of carbonyl (C=O) groups is 1. The summed E-state index contributed by atoms with van der Waals surface area (Å²) in [7, 11) is 1.41. The molecule has 3 aromatic rings. The molecule has 0 fully saturated rings. The van der Waals surface area contributed by atoms with Crippen LogP contribution in [0.4, 0.5) is 0 Å². The molecule has 0 amide bonds. The van der Waals surface area contributed by atoms with E-state index in [4.69, 9.17) is 4.74 Å². The SMILES string of the molecule is COC(=O)c1ccc(CCCc2ccccc2CCc2ccccc2)cc1. The molecule has 0 radical (unpaired) electrons. The van der Waals surface area contributed by atoms with Gasteiger partial charge in [0.25, 0.3) is 0 Å².